The first kappa shape index (κ1) is 13.0. The number of piperidine rings is 1. The van der Waals surface area contributed by atoms with Crippen LogP contribution in [0.3, 0.4) is 0 Å². The molecule has 2 rings (SSSR count). The number of benzene rings is 1. The molecule has 1 aromatic rings. The van der Waals surface area contributed by atoms with Gasteiger partial charge < -0.3 is 4.90 Å². The molecule has 1 aliphatic rings. The highest BCUT2D eigenvalue weighted by Gasteiger charge is 2.23. The van der Waals surface area contributed by atoms with E-state index in [0.717, 1.165) is 12.8 Å². The average molecular weight is 313 g/mol. The number of nitro groups is 1. The molecule has 1 heterocycles. The zero-order valence-corrected chi connectivity index (χ0v) is 11.3. The Morgan fingerprint density at radius 1 is 1.50 bits per heavy atom. The number of amides is 1. The highest BCUT2D eigenvalue weighted by Crippen LogP contribution is 2.20. The summed E-state index contributed by atoms with van der Waals surface area (Å²) in [6.07, 6.45) is 2.01. The van der Waals surface area contributed by atoms with Crippen molar-refractivity contribution in [2.75, 3.05) is 13.1 Å². The first-order chi connectivity index (χ1) is 8.58. The van der Waals surface area contributed by atoms with E-state index in [4.69, 9.17) is 0 Å². The Bertz CT molecular complexity index is 478. The zero-order chi connectivity index (χ0) is 13.1. The molecule has 0 spiro atoms. The van der Waals surface area contributed by atoms with E-state index in [9.17, 15) is 14.9 Å². The minimum absolute atomic E-state index is 0.0479. The van der Waals surface area contributed by atoms with Gasteiger partial charge in [-0.2, -0.15) is 0 Å². The van der Waals surface area contributed by atoms with Crippen LogP contribution in [0.4, 0.5) is 5.69 Å². The van der Waals surface area contributed by atoms with Gasteiger partial charge >= 0.3 is 0 Å². The van der Waals surface area contributed by atoms with Crippen LogP contribution in [-0.2, 0) is 0 Å². The molecule has 1 aliphatic heterocycles. The topological polar surface area (TPSA) is 63.4 Å². The van der Waals surface area contributed by atoms with Gasteiger partial charge in [0.25, 0.3) is 11.6 Å². The standard InChI is InChI=1S/C12H13BrN2O3/c13-10-4-2-6-14(8-10)12(16)9-3-1-5-11(7-9)15(17)18/h1,3,5,7,10H,2,4,6,8H2. The van der Waals surface area contributed by atoms with Crippen molar-refractivity contribution in [2.24, 2.45) is 0 Å². The Kier molecular flexibility index (Phi) is 3.96. The minimum atomic E-state index is -0.486. The summed E-state index contributed by atoms with van der Waals surface area (Å²) in [5.74, 6) is -0.136. The highest BCUT2D eigenvalue weighted by molar-refractivity contribution is 9.09. The van der Waals surface area contributed by atoms with Crippen LogP contribution < -0.4 is 0 Å². The van der Waals surface area contributed by atoms with Crippen molar-refractivity contribution in [3.05, 3.63) is 39.9 Å². The second-order valence-electron chi connectivity index (χ2n) is 4.30. The van der Waals surface area contributed by atoms with Crippen LogP contribution in [0, 0.1) is 10.1 Å². The van der Waals surface area contributed by atoms with E-state index in [2.05, 4.69) is 15.9 Å². The van der Waals surface area contributed by atoms with Crippen LogP contribution in [0.5, 0.6) is 0 Å². The molecule has 0 saturated carbocycles. The van der Waals surface area contributed by atoms with Crippen molar-refractivity contribution >= 4 is 27.5 Å². The maximum Gasteiger partial charge on any atom is 0.270 e. The Hall–Kier alpha value is -1.43. The molecule has 0 N–H and O–H groups in total. The Morgan fingerprint density at radius 2 is 2.28 bits per heavy atom. The van der Waals surface area contributed by atoms with Gasteiger partial charge in [0.15, 0.2) is 0 Å². The van der Waals surface area contributed by atoms with E-state index in [1.54, 1.807) is 17.0 Å². The normalized spacial score (nSPS) is 19.6. The lowest BCUT2D eigenvalue weighted by molar-refractivity contribution is -0.384. The maximum absolute atomic E-state index is 12.2. The van der Waals surface area contributed by atoms with Gasteiger partial charge in [-0.1, -0.05) is 22.0 Å². The number of likely N-dealkylation sites (tertiary alicyclic amines) is 1. The van der Waals surface area contributed by atoms with Crippen molar-refractivity contribution in [3.63, 3.8) is 0 Å². The third kappa shape index (κ3) is 2.87. The van der Waals surface area contributed by atoms with Crippen molar-refractivity contribution in [1.29, 1.82) is 0 Å². The SMILES string of the molecule is O=C(c1cccc([N+](=O)[O-])c1)N1CCCC(Br)C1. The van der Waals surface area contributed by atoms with Gasteiger partial charge in [-0.3, -0.25) is 14.9 Å². The number of hydrogen-bond donors (Lipinski definition) is 0. The van der Waals surface area contributed by atoms with E-state index in [-0.39, 0.29) is 11.6 Å². The van der Waals surface area contributed by atoms with Crippen LogP contribution in [0.1, 0.15) is 23.2 Å². The predicted octanol–water partition coefficient (Wildman–Crippen LogP) is 2.59. The number of non-ortho nitro benzene ring substituents is 1. The van der Waals surface area contributed by atoms with Gasteiger partial charge in [-0.15, -0.1) is 0 Å². The predicted molar refractivity (Wildman–Crippen MR) is 70.9 cm³/mol. The van der Waals surface area contributed by atoms with E-state index >= 15 is 0 Å². The molecule has 1 atom stereocenters. The summed E-state index contributed by atoms with van der Waals surface area (Å²) < 4.78 is 0. The van der Waals surface area contributed by atoms with Gasteiger partial charge in [-0.25, -0.2) is 0 Å². The lowest BCUT2D eigenvalue weighted by atomic mass is 10.1. The lowest BCUT2D eigenvalue weighted by Gasteiger charge is -2.30. The molecule has 1 aromatic carbocycles. The first-order valence-corrected chi connectivity index (χ1v) is 6.67. The Labute approximate surface area is 113 Å². The third-order valence-electron chi connectivity index (χ3n) is 2.96. The lowest BCUT2D eigenvalue weighted by Crippen LogP contribution is -2.40. The number of carbonyl (C=O) groups excluding carboxylic acids is 1. The van der Waals surface area contributed by atoms with Crippen molar-refractivity contribution in [3.8, 4) is 0 Å². The smallest absolute Gasteiger partial charge is 0.270 e. The molecular weight excluding hydrogens is 300 g/mol. The summed E-state index contributed by atoms with van der Waals surface area (Å²) in [6.45, 7) is 1.37. The van der Waals surface area contributed by atoms with Crippen LogP contribution in [0.15, 0.2) is 24.3 Å². The van der Waals surface area contributed by atoms with Crippen molar-refractivity contribution in [2.45, 2.75) is 17.7 Å². The molecule has 18 heavy (non-hydrogen) atoms. The number of rotatable bonds is 2. The number of nitrogens with zero attached hydrogens (tertiary/aromatic N) is 2. The van der Waals surface area contributed by atoms with E-state index in [1.807, 2.05) is 0 Å². The van der Waals surface area contributed by atoms with Gasteiger partial charge in [0.1, 0.15) is 0 Å². The molecule has 1 amide bonds. The number of halogens is 1. The van der Waals surface area contributed by atoms with E-state index in [0.29, 0.717) is 23.5 Å². The highest BCUT2D eigenvalue weighted by atomic mass is 79.9. The Balaban J connectivity index is 2.17. The molecule has 0 aromatic heterocycles. The summed E-state index contributed by atoms with van der Waals surface area (Å²) in [6, 6.07) is 5.88. The number of nitro benzene ring substituents is 1. The molecule has 1 unspecified atom stereocenters. The fourth-order valence-corrected chi connectivity index (χ4v) is 2.72. The molecule has 1 fully saturated rings. The quantitative estimate of drug-likeness (QED) is 0.479. The molecule has 0 radical (unpaired) electrons. The van der Waals surface area contributed by atoms with Crippen LogP contribution in [0.2, 0.25) is 0 Å². The van der Waals surface area contributed by atoms with Gasteiger partial charge in [0.2, 0.25) is 0 Å². The zero-order valence-electron chi connectivity index (χ0n) is 9.71. The molecule has 6 heteroatoms. The maximum atomic E-state index is 12.2. The van der Waals surface area contributed by atoms with E-state index < -0.39 is 4.92 Å². The molecule has 5 nitrogen and oxygen atoms in total. The fraction of sp³-hybridized carbons (Fsp3) is 0.417. The summed E-state index contributed by atoms with van der Waals surface area (Å²) in [4.78, 5) is 24.4. The third-order valence-corrected chi connectivity index (χ3v) is 3.70. The fourth-order valence-electron chi connectivity index (χ4n) is 2.04. The van der Waals surface area contributed by atoms with Crippen molar-refractivity contribution in [1.82, 2.24) is 4.90 Å². The van der Waals surface area contributed by atoms with Crippen LogP contribution in [0.25, 0.3) is 0 Å². The molecule has 0 bridgehead atoms. The summed E-state index contributed by atoms with van der Waals surface area (Å²) in [5, 5.41) is 10.7. The monoisotopic (exact) mass is 312 g/mol. The summed E-state index contributed by atoms with van der Waals surface area (Å²) in [7, 11) is 0. The largest absolute Gasteiger partial charge is 0.338 e. The van der Waals surface area contributed by atoms with Gasteiger partial charge in [0.05, 0.1) is 4.92 Å². The van der Waals surface area contributed by atoms with Gasteiger partial charge in [-0.05, 0) is 18.9 Å². The van der Waals surface area contributed by atoms with E-state index in [1.165, 1.54) is 12.1 Å². The van der Waals surface area contributed by atoms with Crippen LogP contribution >= 0.6 is 15.9 Å². The number of alkyl halides is 1. The summed E-state index contributed by atoms with van der Waals surface area (Å²) in [5.41, 5.74) is 0.332. The molecule has 1 saturated heterocycles. The number of carbonyl (C=O) groups is 1. The molecular formula is C12H13BrN2O3. The minimum Gasteiger partial charge on any atom is -0.338 e. The second kappa shape index (κ2) is 5.48. The Morgan fingerprint density at radius 3 is 2.94 bits per heavy atom. The molecule has 0 aliphatic carbocycles. The first-order valence-electron chi connectivity index (χ1n) is 5.76. The van der Waals surface area contributed by atoms with Crippen LogP contribution in [-0.4, -0.2) is 33.6 Å². The van der Waals surface area contributed by atoms with Crippen molar-refractivity contribution < 1.29 is 9.72 Å². The van der Waals surface area contributed by atoms with Gasteiger partial charge in [0, 0.05) is 35.6 Å². The number of hydrogen-bond acceptors (Lipinski definition) is 3. The average Bonchev–Trinajstić information content (AvgIpc) is 2.38. The molecule has 96 valence electrons. The second-order valence-corrected chi connectivity index (χ2v) is 5.59. The summed E-state index contributed by atoms with van der Waals surface area (Å²) >= 11 is 3.51.